The summed E-state index contributed by atoms with van der Waals surface area (Å²) in [6.07, 6.45) is 3.19. The van der Waals surface area contributed by atoms with Gasteiger partial charge in [0.05, 0.1) is 35.4 Å². The zero-order chi connectivity index (χ0) is 22.4. The van der Waals surface area contributed by atoms with E-state index in [-0.39, 0.29) is 6.04 Å². The molecule has 0 saturated carbocycles. The first-order valence-electron chi connectivity index (χ1n) is 10.7. The number of methoxy groups -OCH3 is 1. The fraction of sp³-hybridized carbons (Fsp3) is 0.250. The molecule has 0 spiro atoms. The Morgan fingerprint density at radius 2 is 2.00 bits per heavy atom. The molecule has 0 radical (unpaired) electrons. The standard InChI is InChI=1S/C24H21ClN6O2/c1-32-13-18-20-11-22-23(24-27-17(12-33-24)9-15-5-3-2-4-6-15)26-14-30(22)19-8-7-16(25)10-21(19)31(20)29-28-18/h2-8,10,14,17H,9,11-13H2,1H3/t17-/m0/s1. The first-order chi connectivity index (χ1) is 16.2. The van der Waals surface area contributed by atoms with E-state index in [0.717, 1.165) is 40.6 Å². The summed E-state index contributed by atoms with van der Waals surface area (Å²) in [6.45, 7) is 0.905. The Balaban J connectivity index is 1.43. The van der Waals surface area contributed by atoms with E-state index in [1.54, 1.807) is 7.11 Å². The number of ether oxygens (including phenoxy) is 2. The molecule has 0 N–H and O–H groups in total. The molecule has 2 aliphatic heterocycles. The Bertz CT molecular complexity index is 1360. The number of benzene rings is 2. The van der Waals surface area contributed by atoms with Gasteiger partial charge < -0.3 is 9.47 Å². The van der Waals surface area contributed by atoms with E-state index in [1.165, 1.54) is 5.56 Å². The average Bonchev–Trinajstić information content (AvgIpc) is 3.53. The number of nitrogens with zero attached hydrogens (tertiary/aromatic N) is 6. The molecule has 2 aromatic heterocycles. The minimum absolute atomic E-state index is 0.0628. The predicted octanol–water partition coefficient (Wildman–Crippen LogP) is 3.55. The quantitative estimate of drug-likeness (QED) is 0.401. The minimum atomic E-state index is 0.0628. The molecule has 33 heavy (non-hydrogen) atoms. The summed E-state index contributed by atoms with van der Waals surface area (Å²) in [4.78, 5) is 9.58. The molecule has 0 unspecified atom stereocenters. The zero-order valence-corrected chi connectivity index (χ0v) is 18.7. The monoisotopic (exact) mass is 460 g/mol. The molecule has 6 rings (SSSR count). The second kappa shape index (κ2) is 8.13. The Kier molecular flexibility index (Phi) is 4.96. The molecule has 0 fully saturated rings. The molecule has 0 amide bonds. The molecule has 2 aromatic carbocycles. The lowest BCUT2D eigenvalue weighted by molar-refractivity contribution is 0.180. The topological polar surface area (TPSA) is 79.3 Å². The number of hydrogen-bond acceptors (Lipinski definition) is 6. The zero-order valence-electron chi connectivity index (χ0n) is 18.0. The Hall–Kier alpha value is -3.49. The minimum Gasteiger partial charge on any atom is -0.474 e. The SMILES string of the molecule is COCc1nnn2c1Cc1c(C3=N[C@@H](Cc4ccccc4)CO3)ncn1-c1ccc(Cl)cc1-2. The second-order valence-corrected chi connectivity index (χ2v) is 8.57. The summed E-state index contributed by atoms with van der Waals surface area (Å²) >= 11 is 6.33. The maximum absolute atomic E-state index is 6.33. The molecule has 0 bridgehead atoms. The van der Waals surface area contributed by atoms with Crippen molar-refractivity contribution in [2.75, 3.05) is 13.7 Å². The van der Waals surface area contributed by atoms with E-state index in [1.807, 2.05) is 47.4 Å². The van der Waals surface area contributed by atoms with Crippen molar-refractivity contribution >= 4 is 17.5 Å². The fourth-order valence-corrected chi connectivity index (χ4v) is 4.61. The Labute approximate surface area is 195 Å². The van der Waals surface area contributed by atoms with Crippen molar-refractivity contribution in [1.82, 2.24) is 24.5 Å². The van der Waals surface area contributed by atoms with E-state index in [0.29, 0.717) is 30.6 Å². The molecular weight excluding hydrogens is 440 g/mol. The van der Waals surface area contributed by atoms with Gasteiger partial charge in [-0.25, -0.2) is 14.7 Å². The van der Waals surface area contributed by atoms with Crippen LogP contribution in [0, 0.1) is 0 Å². The highest BCUT2D eigenvalue weighted by Gasteiger charge is 2.30. The molecule has 166 valence electrons. The van der Waals surface area contributed by atoms with Gasteiger partial charge in [-0.3, -0.25) is 4.57 Å². The Morgan fingerprint density at radius 1 is 1.12 bits per heavy atom. The van der Waals surface area contributed by atoms with Gasteiger partial charge in [-0.2, -0.15) is 0 Å². The van der Waals surface area contributed by atoms with Crippen LogP contribution in [0.1, 0.15) is 28.3 Å². The van der Waals surface area contributed by atoms with E-state index in [4.69, 9.17) is 31.1 Å². The molecule has 0 saturated heterocycles. The number of rotatable bonds is 5. The third-order valence-corrected chi connectivity index (χ3v) is 6.22. The van der Waals surface area contributed by atoms with Crippen LogP contribution in [0.3, 0.4) is 0 Å². The summed E-state index contributed by atoms with van der Waals surface area (Å²) in [5, 5.41) is 9.38. The lowest BCUT2D eigenvalue weighted by atomic mass is 10.1. The summed E-state index contributed by atoms with van der Waals surface area (Å²) in [5.41, 5.74) is 6.41. The maximum atomic E-state index is 6.33. The number of imidazole rings is 1. The highest BCUT2D eigenvalue weighted by molar-refractivity contribution is 6.30. The van der Waals surface area contributed by atoms with Crippen LogP contribution in [0.5, 0.6) is 0 Å². The van der Waals surface area contributed by atoms with Crippen LogP contribution < -0.4 is 0 Å². The van der Waals surface area contributed by atoms with Crippen LogP contribution in [0.25, 0.3) is 11.4 Å². The van der Waals surface area contributed by atoms with Crippen molar-refractivity contribution in [3.8, 4) is 11.4 Å². The lowest BCUT2D eigenvalue weighted by Crippen LogP contribution is -2.10. The molecule has 1 atom stereocenters. The molecule has 2 aliphatic rings. The van der Waals surface area contributed by atoms with Crippen LogP contribution in [0.2, 0.25) is 5.02 Å². The van der Waals surface area contributed by atoms with Crippen LogP contribution in [0.4, 0.5) is 0 Å². The van der Waals surface area contributed by atoms with Crippen molar-refractivity contribution in [3.05, 3.63) is 88.2 Å². The van der Waals surface area contributed by atoms with Gasteiger partial charge in [0.25, 0.3) is 0 Å². The normalized spacial score (nSPS) is 16.4. The van der Waals surface area contributed by atoms with Crippen LogP contribution in [-0.4, -0.2) is 50.2 Å². The van der Waals surface area contributed by atoms with Gasteiger partial charge in [-0.15, -0.1) is 5.10 Å². The van der Waals surface area contributed by atoms with E-state index in [2.05, 4.69) is 27.0 Å². The first kappa shape index (κ1) is 20.1. The van der Waals surface area contributed by atoms with Gasteiger partial charge in [0.1, 0.15) is 24.3 Å². The van der Waals surface area contributed by atoms with Crippen LogP contribution in [0.15, 0.2) is 59.9 Å². The Morgan fingerprint density at radius 3 is 2.85 bits per heavy atom. The second-order valence-electron chi connectivity index (χ2n) is 8.14. The summed E-state index contributed by atoms with van der Waals surface area (Å²) in [5.74, 6) is 0.578. The van der Waals surface area contributed by atoms with E-state index in [9.17, 15) is 0 Å². The first-order valence-corrected chi connectivity index (χ1v) is 11.1. The maximum Gasteiger partial charge on any atom is 0.237 e. The van der Waals surface area contributed by atoms with Crippen molar-refractivity contribution in [2.45, 2.75) is 25.5 Å². The van der Waals surface area contributed by atoms with Crippen molar-refractivity contribution in [3.63, 3.8) is 0 Å². The molecule has 0 aliphatic carbocycles. The third kappa shape index (κ3) is 3.51. The number of fused-ring (bicyclic) bond motifs is 5. The third-order valence-electron chi connectivity index (χ3n) is 5.98. The molecule has 9 heteroatoms. The summed E-state index contributed by atoms with van der Waals surface area (Å²) in [6, 6.07) is 16.1. The molecule has 4 heterocycles. The summed E-state index contributed by atoms with van der Waals surface area (Å²) in [7, 11) is 1.65. The molecule has 8 nitrogen and oxygen atoms in total. The van der Waals surface area contributed by atoms with Gasteiger partial charge in [0.15, 0.2) is 0 Å². The van der Waals surface area contributed by atoms with Crippen molar-refractivity contribution < 1.29 is 9.47 Å². The number of hydrogen-bond donors (Lipinski definition) is 0. The van der Waals surface area contributed by atoms with Gasteiger partial charge in [-0.05, 0) is 30.2 Å². The van der Waals surface area contributed by atoms with Crippen molar-refractivity contribution in [1.29, 1.82) is 0 Å². The number of halogens is 1. The van der Waals surface area contributed by atoms with Gasteiger partial charge >= 0.3 is 0 Å². The smallest absolute Gasteiger partial charge is 0.237 e. The fourth-order valence-electron chi connectivity index (χ4n) is 4.45. The van der Waals surface area contributed by atoms with Crippen LogP contribution >= 0.6 is 11.6 Å². The predicted molar refractivity (Wildman–Crippen MR) is 123 cm³/mol. The highest BCUT2D eigenvalue weighted by Crippen LogP contribution is 2.32. The molecule has 4 aromatic rings. The van der Waals surface area contributed by atoms with Gasteiger partial charge in [-0.1, -0.05) is 47.1 Å². The average molecular weight is 461 g/mol. The summed E-state index contributed by atoms with van der Waals surface area (Å²) < 4.78 is 15.3. The lowest BCUT2D eigenvalue weighted by Gasteiger charge is -2.10. The van der Waals surface area contributed by atoms with Gasteiger partial charge in [0, 0.05) is 18.6 Å². The van der Waals surface area contributed by atoms with E-state index < -0.39 is 0 Å². The van der Waals surface area contributed by atoms with Crippen molar-refractivity contribution in [2.24, 2.45) is 4.99 Å². The van der Waals surface area contributed by atoms with Gasteiger partial charge in [0.2, 0.25) is 5.90 Å². The van der Waals surface area contributed by atoms with Crippen LogP contribution in [-0.2, 0) is 28.9 Å². The molecular formula is C24H21ClN6O2. The number of aliphatic imine (C=N–C) groups is 1. The van der Waals surface area contributed by atoms with E-state index >= 15 is 0 Å². The number of aromatic nitrogens is 5. The highest BCUT2D eigenvalue weighted by atomic mass is 35.5. The largest absolute Gasteiger partial charge is 0.474 e.